The molecule has 0 unspecified atom stereocenters. The lowest BCUT2D eigenvalue weighted by Gasteiger charge is -2.14. The Hall–Kier alpha value is -2.51. The molecule has 4 rings (SSSR count). The predicted octanol–water partition coefficient (Wildman–Crippen LogP) is 4.17. The first-order valence-corrected chi connectivity index (χ1v) is 9.76. The molecular formula is C20H20BrN5O. The maximum Gasteiger partial charge on any atom is 0.238 e. The normalized spacial score (nSPS) is 14.4. The Morgan fingerprint density at radius 3 is 2.56 bits per heavy atom. The summed E-state index contributed by atoms with van der Waals surface area (Å²) in [7, 11) is 0. The summed E-state index contributed by atoms with van der Waals surface area (Å²) in [6, 6.07) is 13.6. The molecule has 7 heteroatoms. The number of halogens is 1. The number of carbonyl (C=O) groups is 1. The van der Waals surface area contributed by atoms with Crippen molar-refractivity contribution in [2.24, 2.45) is 0 Å². The third-order valence-electron chi connectivity index (χ3n) is 4.59. The quantitative estimate of drug-likeness (QED) is 0.641. The van der Waals surface area contributed by atoms with Gasteiger partial charge in [-0.2, -0.15) is 0 Å². The Kier molecular flexibility index (Phi) is 5.31. The van der Waals surface area contributed by atoms with Gasteiger partial charge in [-0.05, 0) is 68.4 Å². The van der Waals surface area contributed by atoms with Crippen LogP contribution >= 0.6 is 15.9 Å². The van der Waals surface area contributed by atoms with E-state index in [2.05, 4.69) is 41.4 Å². The number of rotatable bonds is 5. The van der Waals surface area contributed by atoms with Gasteiger partial charge in [0.25, 0.3) is 0 Å². The molecule has 0 spiro atoms. The Balaban J connectivity index is 1.55. The Bertz CT molecular complexity index is 954. The highest BCUT2D eigenvalue weighted by Gasteiger charge is 2.15. The van der Waals surface area contributed by atoms with E-state index >= 15 is 0 Å². The van der Waals surface area contributed by atoms with E-state index in [1.165, 1.54) is 19.2 Å². The number of hydrogen-bond donors (Lipinski definition) is 2. The van der Waals surface area contributed by atoms with Gasteiger partial charge >= 0.3 is 0 Å². The first-order chi connectivity index (χ1) is 13.2. The topological polar surface area (TPSA) is 70.2 Å². The van der Waals surface area contributed by atoms with Gasteiger partial charge in [-0.1, -0.05) is 15.9 Å². The van der Waals surface area contributed by atoms with Crippen molar-refractivity contribution in [3.8, 4) is 0 Å². The van der Waals surface area contributed by atoms with E-state index in [9.17, 15) is 4.79 Å². The first kappa shape index (κ1) is 17.9. The second-order valence-electron chi connectivity index (χ2n) is 6.62. The van der Waals surface area contributed by atoms with Crippen molar-refractivity contribution in [3.63, 3.8) is 0 Å². The summed E-state index contributed by atoms with van der Waals surface area (Å²) in [5.74, 6) is 0.716. The van der Waals surface area contributed by atoms with E-state index in [1.54, 1.807) is 0 Å². The molecule has 1 amide bonds. The standard InChI is InChI=1S/C20H20BrN5O/c21-14-3-5-15(6-4-14)25-20-17-11-16(7-8-18(17)22-13-23-20)24-19(27)12-26-9-1-2-10-26/h3-8,11,13H,1-2,9-10,12H2,(H,24,27)(H,22,23,25). The number of anilines is 3. The molecule has 1 saturated heterocycles. The highest BCUT2D eigenvalue weighted by molar-refractivity contribution is 9.10. The molecule has 3 aromatic rings. The van der Waals surface area contributed by atoms with Gasteiger partial charge < -0.3 is 10.6 Å². The minimum absolute atomic E-state index is 0.00974. The molecule has 0 saturated carbocycles. The van der Waals surface area contributed by atoms with Crippen LogP contribution in [0, 0.1) is 0 Å². The highest BCUT2D eigenvalue weighted by atomic mass is 79.9. The maximum absolute atomic E-state index is 12.3. The minimum Gasteiger partial charge on any atom is -0.340 e. The van der Waals surface area contributed by atoms with E-state index in [1.807, 2.05) is 42.5 Å². The van der Waals surface area contributed by atoms with Gasteiger partial charge in [0.05, 0.1) is 12.1 Å². The zero-order valence-corrected chi connectivity index (χ0v) is 16.4. The third-order valence-corrected chi connectivity index (χ3v) is 5.12. The van der Waals surface area contributed by atoms with E-state index < -0.39 is 0 Å². The summed E-state index contributed by atoms with van der Waals surface area (Å²) in [5.41, 5.74) is 2.50. The van der Waals surface area contributed by atoms with Crippen molar-refractivity contribution in [3.05, 3.63) is 53.3 Å². The molecule has 138 valence electrons. The summed E-state index contributed by atoms with van der Waals surface area (Å²) in [4.78, 5) is 23.2. The average molecular weight is 426 g/mol. The van der Waals surface area contributed by atoms with Crippen LogP contribution in [0.25, 0.3) is 10.9 Å². The lowest BCUT2D eigenvalue weighted by molar-refractivity contribution is -0.117. The van der Waals surface area contributed by atoms with E-state index in [-0.39, 0.29) is 5.91 Å². The van der Waals surface area contributed by atoms with E-state index in [0.29, 0.717) is 12.4 Å². The number of hydrogen-bond acceptors (Lipinski definition) is 5. The van der Waals surface area contributed by atoms with Gasteiger partial charge in [-0.3, -0.25) is 9.69 Å². The van der Waals surface area contributed by atoms with Crippen LogP contribution in [-0.4, -0.2) is 40.4 Å². The number of fused-ring (bicyclic) bond motifs is 1. The molecule has 1 aliphatic heterocycles. The molecule has 1 aliphatic rings. The zero-order chi connectivity index (χ0) is 18.6. The fraction of sp³-hybridized carbons (Fsp3) is 0.250. The lowest BCUT2D eigenvalue weighted by atomic mass is 10.2. The Morgan fingerprint density at radius 1 is 1.04 bits per heavy atom. The van der Waals surface area contributed by atoms with Crippen molar-refractivity contribution in [2.45, 2.75) is 12.8 Å². The average Bonchev–Trinajstić information content (AvgIpc) is 3.17. The summed E-state index contributed by atoms with van der Waals surface area (Å²) < 4.78 is 1.02. The van der Waals surface area contributed by atoms with Crippen LogP contribution in [0.3, 0.4) is 0 Å². The van der Waals surface area contributed by atoms with Crippen molar-refractivity contribution < 1.29 is 4.79 Å². The van der Waals surface area contributed by atoms with Crippen LogP contribution < -0.4 is 10.6 Å². The molecule has 0 aliphatic carbocycles. The Morgan fingerprint density at radius 2 is 1.78 bits per heavy atom. The van der Waals surface area contributed by atoms with E-state index in [4.69, 9.17) is 0 Å². The molecule has 0 radical (unpaired) electrons. The molecule has 0 atom stereocenters. The molecule has 0 bridgehead atoms. The van der Waals surface area contributed by atoms with Crippen LogP contribution in [0.5, 0.6) is 0 Å². The molecule has 2 heterocycles. The van der Waals surface area contributed by atoms with Crippen LogP contribution in [0.15, 0.2) is 53.3 Å². The second-order valence-corrected chi connectivity index (χ2v) is 7.53. The van der Waals surface area contributed by atoms with Crippen LogP contribution in [0.1, 0.15) is 12.8 Å². The molecule has 2 N–H and O–H groups in total. The van der Waals surface area contributed by atoms with Crippen molar-refractivity contribution in [1.82, 2.24) is 14.9 Å². The monoisotopic (exact) mass is 425 g/mol. The zero-order valence-electron chi connectivity index (χ0n) is 14.8. The first-order valence-electron chi connectivity index (χ1n) is 8.97. The van der Waals surface area contributed by atoms with Gasteiger partial charge in [-0.25, -0.2) is 9.97 Å². The number of amides is 1. The smallest absolute Gasteiger partial charge is 0.238 e. The minimum atomic E-state index is 0.00974. The van der Waals surface area contributed by atoms with Crippen molar-refractivity contribution in [1.29, 1.82) is 0 Å². The lowest BCUT2D eigenvalue weighted by Crippen LogP contribution is -2.30. The number of nitrogens with zero attached hydrogens (tertiary/aromatic N) is 3. The highest BCUT2D eigenvalue weighted by Crippen LogP contribution is 2.26. The number of aromatic nitrogens is 2. The summed E-state index contributed by atoms with van der Waals surface area (Å²) in [6.07, 6.45) is 3.88. The molecule has 1 fully saturated rings. The predicted molar refractivity (Wildman–Crippen MR) is 111 cm³/mol. The molecule has 6 nitrogen and oxygen atoms in total. The van der Waals surface area contributed by atoms with Crippen molar-refractivity contribution >= 4 is 49.9 Å². The fourth-order valence-corrected chi connectivity index (χ4v) is 3.51. The van der Waals surface area contributed by atoms with E-state index in [0.717, 1.165) is 39.8 Å². The SMILES string of the molecule is O=C(CN1CCCC1)Nc1ccc2ncnc(Nc3ccc(Br)cc3)c2c1. The van der Waals surface area contributed by atoms with Gasteiger partial charge in [0, 0.05) is 21.2 Å². The number of nitrogens with one attached hydrogen (secondary N) is 2. The second kappa shape index (κ2) is 8.02. The summed E-state index contributed by atoms with van der Waals surface area (Å²) >= 11 is 3.44. The van der Waals surface area contributed by atoms with Gasteiger partial charge in [0.1, 0.15) is 12.1 Å². The van der Waals surface area contributed by atoms with Gasteiger partial charge in [0.15, 0.2) is 0 Å². The van der Waals surface area contributed by atoms with Crippen molar-refractivity contribution in [2.75, 3.05) is 30.3 Å². The van der Waals surface area contributed by atoms with Crippen LogP contribution in [0.4, 0.5) is 17.2 Å². The number of likely N-dealkylation sites (tertiary alicyclic amines) is 1. The maximum atomic E-state index is 12.3. The molecular weight excluding hydrogens is 406 g/mol. The number of benzene rings is 2. The van der Waals surface area contributed by atoms with Crippen LogP contribution in [-0.2, 0) is 4.79 Å². The number of carbonyl (C=O) groups excluding carboxylic acids is 1. The summed E-state index contributed by atoms with van der Waals surface area (Å²) in [5, 5.41) is 7.17. The Labute approximate surface area is 166 Å². The fourth-order valence-electron chi connectivity index (χ4n) is 3.25. The molecule has 27 heavy (non-hydrogen) atoms. The molecule has 2 aromatic carbocycles. The van der Waals surface area contributed by atoms with Gasteiger partial charge in [-0.15, -0.1) is 0 Å². The summed E-state index contributed by atoms with van der Waals surface area (Å²) in [6.45, 7) is 2.44. The third kappa shape index (κ3) is 4.43. The largest absolute Gasteiger partial charge is 0.340 e. The van der Waals surface area contributed by atoms with Crippen LogP contribution in [0.2, 0.25) is 0 Å². The van der Waals surface area contributed by atoms with Gasteiger partial charge in [0.2, 0.25) is 5.91 Å². The molecule has 1 aromatic heterocycles.